The van der Waals surface area contributed by atoms with E-state index in [0.29, 0.717) is 0 Å². The SMILES string of the molecule is CCCCc1ccc(-n2nncc2CN2CCNCC2)cc1. The summed E-state index contributed by atoms with van der Waals surface area (Å²) in [6.45, 7) is 7.43. The molecule has 0 radical (unpaired) electrons. The average Bonchev–Trinajstić information content (AvgIpc) is 3.02. The van der Waals surface area contributed by atoms with Gasteiger partial charge in [0.15, 0.2) is 0 Å². The van der Waals surface area contributed by atoms with Crippen molar-refractivity contribution in [2.45, 2.75) is 32.7 Å². The van der Waals surface area contributed by atoms with Crippen molar-refractivity contribution in [1.82, 2.24) is 25.2 Å². The molecule has 0 spiro atoms. The van der Waals surface area contributed by atoms with Crippen molar-refractivity contribution in [3.05, 3.63) is 41.7 Å². The molecule has 1 aromatic carbocycles. The van der Waals surface area contributed by atoms with Gasteiger partial charge in [-0.1, -0.05) is 30.7 Å². The Kier molecular flexibility index (Phi) is 5.19. The number of aromatic nitrogens is 3. The van der Waals surface area contributed by atoms with Gasteiger partial charge in [0, 0.05) is 32.7 Å². The molecule has 22 heavy (non-hydrogen) atoms. The summed E-state index contributed by atoms with van der Waals surface area (Å²) in [6.07, 6.45) is 5.52. The lowest BCUT2D eigenvalue weighted by molar-refractivity contribution is 0.229. The van der Waals surface area contributed by atoms with Crippen LogP contribution in [0.4, 0.5) is 0 Å². The first-order valence-corrected chi connectivity index (χ1v) is 8.29. The van der Waals surface area contributed by atoms with Crippen LogP contribution in [0.25, 0.3) is 5.69 Å². The van der Waals surface area contributed by atoms with Crippen molar-refractivity contribution >= 4 is 0 Å². The molecular formula is C17H25N5. The number of hydrogen-bond donors (Lipinski definition) is 1. The minimum Gasteiger partial charge on any atom is -0.314 e. The number of unbranched alkanes of at least 4 members (excludes halogenated alkanes) is 1. The summed E-state index contributed by atoms with van der Waals surface area (Å²) in [5.74, 6) is 0. The lowest BCUT2D eigenvalue weighted by Crippen LogP contribution is -2.43. The summed E-state index contributed by atoms with van der Waals surface area (Å²) in [5.41, 5.74) is 3.65. The van der Waals surface area contributed by atoms with Gasteiger partial charge in [0.25, 0.3) is 0 Å². The van der Waals surface area contributed by atoms with E-state index in [4.69, 9.17) is 0 Å². The first kappa shape index (κ1) is 15.2. The Morgan fingerprint density at radius 1 is 1.14 bits per heavy atom. The molecule has 1 aromatic heterocycles. The fourth-order valence-corrected chi connectivity index (χ4v) is 2.86. The maximum Gasteiger partial charge on any atom is 0.0786 e. The molecule has 5 nitrogen and oxygen atoms in total. The van der Waals surface area contributed by atoms with Crippen molar-refractivity contribution < 1.29 is 0 Å². The molecule has 0 atom stereocenters. The van der Waals surface area contributed by atoms with Gasteiger partial charge in [-0.15, -0.1) is 5.10 Å². The lowest BCUT2D eigenvalue weighted by atomic mass is 10.1. The van der Waals surface area contributed by atoms with Crippen LogP contribution in [0.15, 0.2) is 30.5 Å². The molecule has 0 bridgehead atoms. The standard InChI is InChI=1S/C17H25N5/c1-2-3-4-15-5-7-16(8-6-15)22-17(13-19-20-22)14-21-11-9-18-10-12-21/h5-8,13,18H,2-4,9-12,14H2,1H3. The zero-order valence-electron chi connectivity index (χ0n) is 13.3. The second-order valence-electron chi connectivity index (χ2n) is 5.93. The minimum atomic E-state index is 0.909. The van der Waals surface area contributed by atoms with E-state index in [2.05, 4.69) is 51.7 Å². The number of aryl methyl sites for hydroxylation is 1. The number of piperazine rings is 1. The topological polar surface area (TPSA) is 46.0 Å². The van der Waals surface area contributed by atoms with E-state index in [1.807, 2.05) is 10.9 Å². The van der Waals surface area contributed by atoms with Crippen LogP contribution in [0.2, 0.25) is 0 Å². The predicted octanol–water partition coefficient (Wildman–Crippen LogP) is 2.02. The van der Waals surface area contributed by atoms with Crippen molar-refractivity contribution in [2.75, 3.05) is 26.2 Å². The van der Waals surface area contributed by atoms with E-state index < -0.39 is 0 Å². The van der Waals surface area contributed by atoms with Gasteiger partial charge in [-0.2, -0.15) is 0 Å². The Bertz CT molecular complexity index is 569. The summed E-state index contributed by atoms with van der Waals surface area (Å²) < 4.78 is 1.96. The molecule has 0 amide bonds. The minimum absolute atomic E-state index is 0.909. The fraction of sp³-hybridized carbons (Fsp3) is 0.529. The predicted molar refractivity (Wildman–Crippen MR) is 88.1 cm³/mol. The Hall–Kier alpha value is -1.72. The lowest BCUT2D eigenvalue weighted by Gasteiger charge is -2.26. The first-order chi connectivity index (χ1) is 10.9. The molecule has 118 valence electrons. The quantitative estimate of drug-likeness (QED) is 0.886. The van der Waals surface area contributed by atoms with E-state index in [0.717, 1.165) is 50.5 Å². The zero-order valence-corrected chi connectivity index (χ0v) is 13.3. The molecule has 1 N–H and O–H groups in total. The highest BCUT2D eigenvalue weighted by molar-refractivity contribution is 5.35. The maximum atomic E-state index is 4.27. The Morgan fingerprint density at radius 3 is 2.64 bits per heavy atom. The second-order valence-corrected chi connectivity index (χ2v) is 5.93. The molecule has 2 heterocycles. The van der Waals surface area contributed by atoms with Gasteiger partial charge in [-0.25, -0.2) is 4.68 Å². The average molecular weight is 299 g/mol. The molecule has 1 fully saturated rings. The molecule has 1 saturated heterocycles. The molecule has 0 aliphatic carbocycles. The number of nitrogens with zero attached hydrogens (tertiary/aromatic N) is 4. The molecule has 1 aliphatic heterocycles. The largest absolute Gasteiger partial charge is 0.314 e. The van der Waals surface area contributed by atoms with Gasteiger partial charge in [-0.3, -0.25) is 4.90 Å². The van der Waals surface area contributed by atoms with Crippen molar-refractivity contribution in [2.24, 2.45) is 0 Å². The maximum absolute atomic E-state index is 4.27. The highest BCUT2D eigenvalue weighted by atomic mass is 15.4. The van der Waals surface area contributed by atoms with Crippen LogP contribution in [0.1, 0.15) is 31.0 Å². The highest BCUT2D eigenvalue weighted by Gasteiger charge is 2.14. The van der Waals surface area contributed by atoms with Crippen molar-refractivity contribution in [3.8, 4) is 5.69 Å². The van der Waals surface area contributed by atoms with Gasteiger partial charge >= 0.3 is 0 Å². The number of benzene rings is 1. The molecular weight excluding hydrogens is 274 g/mol. The molecule has 1 aliphatic rings. The first-order valence-electron chi connectivity index (χ1n) is 8.29. The third-order valence-corrected chi connectivity index (χ3v) is 4.22. The smallest absolute Gasteiger partial charge is 0.0786 e. The summed E-state index contributed by atoms with van der Waals surface area (Å²) in [7, 11) is 0. The van der Waals surface area contributed by atoms with E-state index in [1.54, 1.807) is 0 Å². The van der Waals surface area contributed by atoms with E-state index in [1.165, 1.54) is 18.4 Å². The van der Waals surface area contributed by atoms with Crippen molar-refractivity contribution in [1.29, 1.82) is 0 Å². The van der Waals surface area contributed by atoms with Gasteiger partial charge in [-0.05, 0) is 30.5 Å². The van der Waals surface area contributed by atoms with Gasteiger partial charge in [0.2, 0.25) is 0 Å². The van der Waals surface area contributed by atoms with Crippen LogP contribution in [0.3, 0.4) is 0 Å². The molecule has 3 rings (SSSR count). The van der Waals surface area contributed by atoms with Crippen LogP contribution in [0.5, 0.6) is 0 Å². The van der Waals surface area contributed by atoms with E-state index >= 15 is 0 Å². The second kappa shape index (κ2) is 7.51. The van der Waals surface area contributed by atoms with Crippen LogP contribution in [0, 0.1) is 0 Å². The van der Waals surface area contributed by atoms with Gasteiger partial charge in [0.05, 0.1) is 17.6 Å². The van der Waals surface area contributed by atoms with E-state index in [9.17, 15) is 0 Å². The summed E-state index contributed by atoms with van der Waals surface area (Å²) in [6, 6.07) is 8.73. The van der Waals surface area contributed by atoms with Crippen LogP contribution >= 0.6 is 0 Å². The fourth-order valence-electron chi connectivity index (χ4n) is 2.86. The van der Waals surface area contributed by atoms with Crippen molar-refractivity contribution in [3.63, 3.8) is 0 Å². The summed E-state index contributed by atoms with van der Waals surface area (Å²) >= 11 is 0. The third-order valence-electron chi connectivity index (χ3n) is 4.22. The Morgan fingerprint density at radius 2 is 1.91 bits per heavy atom. The number of hydrogen-bond acceptors (Lipinski definition) is 4. The van der Waals surface area contributed by atoms with E-state index in [-0.39, 0.29) is 0 Å². The Balaban J connectivity index is 1.70. The molecule has 0 unspecified atom stereocenters. The van der Waals surface area contributed by atoms with Crippen LogP contribution in [-0.4, -0.2) is 46.1 Å². The highest BCUT2D eigenvalue weighted by Crippen LogP contribution is 2.14. The number of rotatable bonds is 6. The van der Waals surface area contributed by atoms with Crippen LogP contribution < -0.4 is 5.32 Å². The summed E-state index contributed by atoms with van der Waals surface area (Å²) in [4.78, 5) is 2.45. The zero-order chi connectivity index (χ0) is 15.2. The monoisotopic (exact) mass is 299 g/mol. The van der Waals surface area contributed by atoms with Gasteiger partial charge < -0.3 is 5.32 Å². The van der Waals surface area contributed by atoms with Crippen LogP contribution in [-0.2, 0) is 13.0 Å². The van der Waals surface area contributed by atoms with Gasteiger partial charge in [0.1, 0.15) is 0 Å². The summed E-state index contributed by atoms with van der Waals surface area (Å²) in [5, 5.41) is 11.8. The number of nitrogens with one attached hydrogen (secondary N) is 1. The molecule has 0 saturated carbocycles. The normalized spacial score (nSPS) is 16.0. The Labute approximate surface area is 132 Å². The molecule has 5 heteroatoms. The molecule has 2 aromatic rings. The third kappa shape index (κ3) is 3.72.